The highest BCUT2D eigenvalue weighted by atomic mass is 16.5. The minimum atomic E-state index is 0.0164. The molecule has 0 aliphatic carbocycles. The van der Waals surface area contributed by atoms with Crippen LogP contribution in [0.5, 0.6) is 5.75 Å². The molecule has 1 aliphatic heterocycles. The highest BCUT2D eigenvalue weighted by Gasteiger charge is 2.26. The number of ether oxygens (including phenoxy) is 1. The first kappa shape index (κ1) is 17.5. The smallest absolute Gasteiger partial charge is 0.228 e. The van der Waals surface area contributed by atoms with Crippen LogP contribution in [0.15, 0.2) is 48.5 Å². The number of carbonyl (C=O) groups excluding carboxylic acids is 1. The zero-order valence-corrected chi connectivity index (χ0v) is 15.0. The first-order chi connectivity index (χ1) is 12.2. The first-order valence-corrected chi connectivity index (χ1v) is 8.87. The summed E-state index contributed by atoms with van der Waals surface area (Å²) >= 11 is 0. The molecule has 4 heteroatoms. The zero-order valence-electron chi connectivity index (χ0n) is 15.0. The minimum Gasteiger partial charge on any atom is -0.495 e. The monoisotopic (exact) mass is 338 g/mol. The molecule has 2 aromatic carbocycles. The zero-order chi connectivity index (χ0) is 17.6. The summed E-state index contributed by atoms with van der Waals surface area (Å²) < 4.78 is 5.36. The molecule has 4 nitrogen and oxygen atoms in total. The SMILES string of the molecule is COc1ccc(C)cc1NC(=O)[C@@H]1CCCN(Cc2ccccc2)C1. The number of benzene rings is 2. The number of amides is 1. The quantitative estimate of drug-likeness (QED) is 0.900. The first-order valence-electron chi connectivity index (χ1n) is 8.87. The van der Waals surface area contributed by atoms with Crippen LogP contribution in [0.3, 0.4) is 0 Å². The lowest BCUT2D eigenvalue weighted by atomic mass is 9.96. The van der Waals surface area contributed by atoms with Gasteiger partial charge in [0.15, 0.2) is 0 Å². The van der Waals surface area contributed by atoms with Gasteiger partial charge in [-0.2, -0.15) is 0 Å². The summed E-state index contributed by atoms with van der Waals surface area (Å²) in [5, 5.41) is 3.07. The van der Waals surface area contributed by atoms with Crippen LogP contribution >= 0.6 is 0 Å². The normalized spacial score (nSPS) is 17.9. The van der Waals surface area contributed by atoms with Gasteiger partial charge in [0.05, 0.1) is 18.7 Å². The summed E-state index contributed by atoms with van der Waals surface area (Å²) in [6.45, 7) is 4.76. The number of carbonyl (C=O) groups is 1. The Balaban J connectivity index is 1.63. The van der Waals surface area contributed by atoms with Crippen LogP contribution in [0, 0.1) is 12.8 Å². The number of nitrogens with one attached hydrogen (secondary N) is 1. The molecule has 1 heterocycles. The van der Waals surface area contributed by atoms with Crippen molar-refractivity contribution in [2.24, 2.45) is 5.92 Å². The van der Waals surface area contributed by atoms with Gasteiger partial charge in [-0.05, 0) is 49.6 Å². The molecule has 3 rings (SSSR count). The van der Waals surface area contributed by atoms with Gasteiger partial charge >= 0.3 is 0 Å². The van der Waals surface area contributed by atoms with Gasteiger partial charge in [0.1, 0.15) is 5.75 Å². The van der Waals surface area contributed by atoms with Crippen molar-refractivity contribution in [3.05, 3.63) is 59.7 Å². The Morgan fingerprint density at radius 3 is 2.80 bits per heavy atom. The van der Waals surface area contributed by atoms with E-state index >= 15 is 0 Å². The summed E-state index contributed by atoms with van der Waals surface area (Å²) in [5.74, 6) is 0.806. The molecule has 0 bridgehead atoms. The molecule has 25 heavy (non-hydrogen) atoms. The number of rotatable bonds is 5. The maximum atomic E-state index is 12.8. The number of nitrogens with zero attached hydrogens (tertiary/aromatic N) is 1. The van der Waals surface area contributed by atoms with Crippen LogP contribution in [0.4, 0.5) is 5.69 Å². The molecule has 1 saturated heterocycles. The molecule has 132 valence electrons. The lowest BCUT2D eigenvalue weighted by molar-refractivity contribution is -0.121. The van der Waals surface area contributed by atoms with Crippen LogP contribution in [0.2, 0.25) is 0 Å². The van der Waals surface area contributed by atoms with Crippen molar-refractivity contribution in [2.75, 3.05) is 25.5 Å². The van der Waals surface area contributed by atoms with Gasteiger partial charge in [-0.1, -0.05) is 36.4 Å². The molecule has 2 aromatic rings. The van der Waals surface area contributed by atoms with E-state index in [1.54, 1.807) is 7.11 Å². The third kappa shape index (κ3) is 4.60. The third-order valence-electron chi connectivity index (χ3n) is 4.74. The van der Waals surface area contributed by atoms with E-state index in [1.807, 2.05) is 31.2 Å². The second-order valence-electron chi connectivity index (χ2n) is 6.75. The van der Waals surface area contributed by atoms with Gasteiger partial charge in [-0.15, -0.1) is 0 Å². The Kier molecular flexibility index (Phi) is 5.71. The van der Waals surface area contributed by atoms with E-state index < -0.39 is 0 Å². The van der Waals surface area contributed by atoms with Gasteiger partial charge in [0.25, 0.3) is 0 Å². The molecule has 1 aliphatic rings. The second kappa shape index (κ2) is 8.17. The van der Waals surface area contributed by atoms with Crippen molar-refractivity contribution >= 4 is 11.6 Å². The van der Waals surface area contributed by atoms with Crippen LogP contribution in [-0.4, -0.2) is 31.0 Å². The molecular formula is C21H26N2O2. The topological polar surface area (TPSA) is 41.6 Å². The van der Waals surface area contributed by atoms with E-state index in [1.165, 1.54) is 5.56 Å². The second-order valence-corrected chi connectivity index (χ2v) is 6.75. The molecule has 0 unspecified atom stereocenters. The fourth-order valence-electron chi connectivity index (χ4n) is 3.41. The summed E-state index contributed by atoms with van der Waals surface area (Å²) in [6, 6.07) is 16.3. The van der Waals surface area contributed by atoms with Crippen LogP contribution in [0.1, 0.15) is 24.0 Å². The molecule has 1 N–H and O–H groups in total. The van der Waals surface area contributed by atoms with Gasteiger partial charge in [-0.25, -0.2) is 0 Å². The Hall–Kier alpha value is -2.33. The number of likely N-dealkylation sites (tertiary alicyclic amines) is 1. The maximum absolute atomic E-state index is 12.8. The third-order valence-corrected chi connectivity index (χ3v) is 4.74. The Morgan fingerprint density at radius 1 is 1.24 bits per heavy atom. The summed E-state index contributed by atoms with van der Waals surface area (Å²) in [4.78, 5) is 15.1. The van der Waals surface area contributed by atoms with E-state index in [2.05, 4.69) is 34.5 Å². The Labute approximate surface area is 149 Å². The van der Waals surface area contributed by atoms with E-state index in [4.69, 9.17) is 4.74 Å². The van der Waals surface area contributed by atoms with Crippen molar-refractivity contribution < 1.29 is 9.53 Å². The predicted molar refractivity (Wildman–Crippen MR) is 101 cm³/mol. The molecule has 1 atom stereocenters. The highest BCUT2D eigenvalue weighted by Crippen LogP contribution is 2.27. The van der Waals surface area contributed by atoms with E-state index in [9.17, 15) is 4.79 Å². The van der Waals surface area contributed by atoms with Crippen molar-refractivity contribution in [1.29, 1.82) is 0 Å². The predicted octanol–water partition coefficient (Wildman–Crippen LogP) is 3.85. The molecule has 0 spiro atoms. The van der Waals surface area contributed by atoms with Gasteiger partial charge in [0, 0.05) is 13.1 Å². The van der Waals surface area contributed by atoms with E-state index in [-0.39, 0.29) is 11.8 Å². The van der Waals surface area contributed by atoms with Gasteiger partial charge in [0.2, 0.25) is 5.91 Å². The number of hydrogen-bond donors (Lipinski definition) is 1. The Bertz CT molecular complexity index is 715. The Morgan fingerprint density at radius 2 is 2.04 bits per heavy atom. The number of piperidine rings is 1. The van der Waals surface area contributed by atoms with Crippen molar-refractivity contribution in [3.63, 3.8) is 0 Å². The molecule has 1 fully saturated rings. The number of methoxy groups -OCH3 is 1. The number of aryl methyl sites for hydroxylation is 1. The summed E-state index contributed by atoms with van der Waals surface area (Å²) in [6.07, 6.45) is 1.99. The lowest BCUT2D eigenvalue weighted by Crippen LogP contribution is -2.40. The van der Waals surface area contributed by atoms with E-state index in [0.29, 0.717) is 5.75 Å². The summed E-state index contributed by atoms with van der Waals surface area (Å²) in [7, 11) is 1.63. The average Bonchev–Trinajstić information content (AvgIpc) is 2.63. The maximum Gasteiger partial charge on any atom is 0.228 e. The molecule has 1 amide bonds. The molecular weight excluding hydrogens is 312 g/mol. The molecule has 0 saturated carbocycles. The van der Waals surface area contributed by atoms with Crippen LogP contribution in [-0.2, 0) is 11.3 Å². The molecule has 0 aromatic heterocycles. The highest BCUT2D eigenvalue weighted by molar-refractivity contribution is 5.94. The lowest BCUT2D eigenvalue weighted by Gasteiger charge is -2.32. The van der Waals surface area contributed by atoms with Gasteiger partial charge < -0.3 is 10.1 Å². The number of hydrogen-bond acceptors (Lipinski definition) is 3. The summed E-state index contributed by atoms with van der Waals surface area (Å²) in [5.41, 5.74) is 3.15. The fraction of sp³-hybridized carbons (Fsp3) is 0.381. The standard InChI is InChI=1S/C21H26N2O2/c1-16-10-11-20(25-2)19(13-16)22-21(24)18-9-6-12-23(15-18)14-17-7-4-3-5-8-17/h3-5,7-8,10-11,13,18H,6,9,12,14-15H2,1-2H3,(H,22,24)/t18-/m1/s1. The van der Waals surface area contributed by atoms with Crippen LogP contribution in [0.25, 0.3) is 0 Å². The van der Waals surface area contributed by atoms with Crippen molar-refractivity contribution in [3.8, 4) is 5.75 Å². The minimum absolute atomic E-state index is 0.0164. The number of anilines is 1. The van der Waals surface area contributed by atoms with Crippen molar-refractivity contribution in [1.82, 2.24) is 4.90 Å². The van der Waals surface area contributed by atoms with Crippen molar-refractivity contribution in [2.45, 2.75) is 26.3 Å². The largest absolute Gasteiger partial charge is 0.495 e. The van der Waals surface area contributed by atoms with E-state index in [0.717, 1.165) is 43.7 Å². The van der Waals surface area contributed by atoms with Crippen LogP contribution < -0.4 is 10.1 Å². The molecule has 0 radical (unpaired) electrons. The van der Waals surface area contributed by atoms with Gasteiger partial charge in [-0.3, -0.25) is 9.69 Å². The average molecular weight is 338 g/mol. The fourth-order valence-corrected chi connectivity index (χ4v) is 3.41.